The van der Waals surface area contributed by atoms with Gasteiger partial charge in [-0.15, -0.1) is 0 Å². The molecular weight excluding hydrogens is 401 g/mol. The van der Waals surface area contributed by atoms with E-state index in [2.05, 4.69) is 15.9 Å². The highest BCUT2D eigenvalue weighted by molar-refractivity contribution is 9.10. The van der Waals surface area contributed by atoms with Crippen LogP contribution in [0.25, 0.3) is 0 Å². The fourth-order valence-electron chi connectivity index (χ4n) is 1.32. The lowest BCUT2D eigenvalue weighted by Crippen LogP contribution is -2.28. The van der Waals surface area contributed by atoms with Crippen molar-refractivity contribution in [1.82, 2.24) is 5.32 Å². The van der Waals surface area contributed by atoms with Crippen LogP contribution in [-0.2, 0) is 10.0 Å². The second-order valence-corrected chi connectivity index (χ2v) is 6.67. The van der Waals surface area contributed by atoms with E-state index in [9.17, 15) is 26.4 Å². The van der Waals surface area contributed by atoms with Gasteiger partial charge in [0.05, 0.1) is 20.8 Å². The molecule has 0 fully saturated rings. The van der Waals surface area contributed by atoms with Crippen molar-refractivity contribution in [1.29, 1.82) is 0 Å². The normalized spacial score (nSPS) is 12.3. The first-order valence-electron chi connectivity index (χ1n) is 5.28. The van der Waals surface area contributed by atoms with E-state index >= 15 is 0 Å². The maximum Gasteiger partial charge on any atom is 0.390 e. The molecule has 0 heterocycles. The Labute approximate surface area is 131 Å². The van der Waals surface area contributed by atoms with Crippen LogP contribution in [0.5, 0.6) is 0 Å². The molecule has 1 rings (SSSR count). The summed E-state index contributed by atoms with van der Waals surface area (Å²) in [6.45, 7) is -0.638. The summed E-state index contributed by atoms with van der Waals surface area (Å²) in [6.07, 6.45) is -5.61. The summed E-state index contributed by atoms with van der Waals surface area (Å²) >= 11 is 8.66. The van der Waals surface area contributed by atoms with E-state index in [0.717, 1.165) is 12.1 Å². The molecule has 0 spiro atoms. The molecule has 1 aromatic rings. The Kier molecular flexibility index (Phi) is 5.64. The van der Waals surface area contributed by atoms with Crippen LogP contribution in [0, 0.1) is 0 Å². The molecule has 0 aliphatic rings. The van der Waals surface area contributed by atoms with Crippen molar-refractivity contribution in [2.45, 2.75) is 17.5 Å². The van der Waals surface area contributed by atoms with Gasteiger partial charge in [0.25, 0.3) is 5.91 Å². The Morgan fingerprint density at radius 2 is 1.95 bits per heavy atom. The van der Waals surface area contributed by atoms with Crippen molar-refractivity contribution in [3.05, 3.63) is 27.2 Å². The highest BCUT2D eigenvalue weighted by Gasteiger charge is 2.27. The van der Waals surface area contributed by atoms with Crippen molar-refractivity contribution in [3.63, 3.8) is 0 Å². The molecule has 0 atom stereocenters. The first-order valence-corrected chi connectivity index (χ1v) is 8.00. The molecule has 3 N–H and O–H groups in total. The van der Waals surface area contributed by atoms with Gasteiger partial charge in [0, 0.05) is 12.1 Å². The van der Waals surface area contributed by atoms with E-state index in [0.29, 0.717) is 0 Å². The van der Waals surface area contributed by atoms with Crippen LogP contribution >= 0.6 is 27.5 Å². The van der Waals surface area contributed by atoms with Gasteiger partial charge in [0.1, 0.15) is 0 Å². The molecule has 0 aliphatic carbocycles. The fourth-order valence-corrected chi connectivity index (χ4v) is 3.15. The molecular formula is C10H9BrClF3N2O3S. The number of amides is 1. The van der Waals surface area contributed by atoms with Crippen LogP contribution in [0.2, 0.25) is 5.02 Å². The zero-order valence-electron chi connectivity index (χ0n) is 10.2. The summed E-state index contributed by atoms with van der Waals surface area (Å²) in [6, 6.07) is 2.04. The number of carbonyl (C=O) groups is 1. The van der Waals surface area contributed by atoms with Gasteiger partial charge in [-0.2, -0.15) is 13.2 Å². The lowest BCUT2D eigenvalue weighted by atomic mass is 10.2. The number of hydrogen-bond acceptors (Lipinski definition) is 3. The number of carbonyl (C=O) groups excluding carboxylic acids is 1. The second-order valence-electron chi connectivity index (χ2n) is 3.94. The number of sulfonamides is 1. The third-order valence-corrected chi connectivity index (χ3v) is 4.84. The Morgan fingerprint density at radius 3 is 2.43 bits per heavy atom. The van der Waals surface area contributed by atoms with Gasteiger partial charge in [-0.25, -0.2) is 13.6 Å². The summed E-state index contributed by atoms with van der Waals surface area (Å²) in [7, 11) is -4.15. The van der Waals surface area contributed by atoms with Gasteiger partial charge in [-0.1, -0.05) is 11.6 Å². The third-order valence-electron chi connectivity index (χ3n) is 2.26. The molecule has 11 heteroatoms. The van der Waals surface area contributed by atoms with Crippen LogP contribution in [-0.4, -0.2) is 27.0 Å². The maximum atomic E-state index is 12.0. The van der Waals surface area contributed by atoms with Crippen LogP contribution in [0.15, 0.2) is 21.5 Å². The highest BCUT2D eigenvalue weighted by Crippen LogP contribution is 2.30. The molecule has 0 aliphatic heterocycles. The first kappa shape index (κ1) is 18.2. The van der Waals surface area contributed by atoms with Crippen LogP contribution in [0.4, 0.5) is 13.2 Å². The second kappa shape index (κ2) is 6.51. The predicted molar refractivity (Wildman–Crippen MR) is 73.5 cm³/mol. The van der Waals surface area contributed by atoms with Gasteiger partial charge >= 0.3 is 6.18 Å². The molecule has 0 bridgehead atoms. The Bertz CT molecular complexity index is 664. The maximum absolute atomic E-state index is 12.0. The average molecular weight is 410 g/mol. The fraction of sp³-hybridized carbons (Fsp3) is 0.300. The zero-order valence-corrected chi connectivity index (χ0v) is 13.3. The molecule has 0 unspecified atom stereocenters. The first-order chi connectivity index (χ1) is 9.42. The van der Waals surface area contributed by atoms with Crippen LogP contribution < -0.4 is 10.5 Å². The number of nitrogens with two attached hydrogens (primary N) is 1. The molecule has 1 amide bonds. The largest absolute Gasteiger partial charge is 0.390 e. The minimum atomic E-state index is -4.41. The van der Waals surface area contributed by atoms with E-state index in [4.69, 9.17) is 16.7 Å². The number of primary sulfonamides is 1. The Morgan fingerprint density at radius 1 is 1.38 bits per heavy atom. The molecule has 5 nitrogen and oxygen atoms in total. The number of benzene rings is 1. The summed E-state index contributed by atoms with van der Waals surface area (Å²) in [5.41, 5.74) is -0.214. The van der Waals surface area contributed by atoms with E-state index < -0.39 is 40.0 Å². The average Bonchev–Trinajstić information content (AvgIpc) is 2.29. The predicted octanol–water partition coefficient (Wildman–Crippen LogP) is 2.43. The van der Waals surface area contributed by atoms with E-state index in [1.165, 1.54) is 0 Å². The molecule has 0 aromatic heterocycles. The van der Waals surface area contributed by atoms with Crippen molar-refractivity contribution >= 4 is 43.5 Å². The molecule has 0 radical (unpaired) electrons. The standard InChI is InChI=1S/C10H9BrClF3N2O3S/c11-8-6(12)3-5(4-7(8)21(16,19)20)9(18)17-2-1-10(13,14)15/h3-4H,1-2H2,(H,17,18)(H2,16,19,20). The van der Waals surface area contributed by atoms with Crippen molar-refractivity contribution in [3.8, 4) is 0 Å². The summed E-state index contributed by atoms with van der Waals surface area (Å²) in [5, 5.41) is 6.86. The minimum absolute atomic E-state index is 0.0292. The van der Waals surface area contributed by atoms with Crippen molar-refractivity contribution in [2.75, 3.05) is 6.54 Å². The number of nitrogens with one attached hydrogen (secondary N) is 1. The zero-order chi connectivity index (χ0) is 16.4. The van der Waals surface area contributed by atoms with E-state index in [1.807, 2.05) is 5.32 Å². The summed E-state index contributed by atoms with van der Waals surface area (Å²) < 4.78 is 58.6. The number of hydrogen-bond donors (Lipinski definition) is 2. The summed E-state index contributed by atoms with van der Waals surface area (Å²) in [4.78, 5) is 11.3. The highest BCUT2D eigenvalue weighted by atomic mass is 79.9. The van der Waals surface area contributed by atoms with Gasteiger partial charge in [-0.05, 0) is 28.1 Å². The van der Waals surface area contributed by atoms with Gasteiger partial charge < -0.3 is 5.32 Å². The van der Waals surface area contributed by atoms with Gasteiger partial charge in [0.2, 0.25) is 10.0 Å². The molecule has 1 aromatic carbocycles. The SMILES string of the molecule is NS(=O)(=O)c1cc(C(=O)NCCC(F)(F)F)cc(Cl)c1Br. The molecule has 0 saturated heterocycles. The van der Waals surface area contributed by atoms with Crippen LogP contribution in [0.1, 0.15) is 16.8 Å². The topological polar surface area (TPSA) is 89.3 Å². The van der Waals surface area contributed by atoms with Gasteiger partial charge in [-0.3, -0.25) is 4.79 Å². The van der Waals surface area contributed by atoms with Crippen LogP contribution in [0.3, 0.4) is 0 Å². The van der Waals surface area contributed by atoms with Crippen molar-refractivity contribution < 1.29 is 26.4 Å². The Hall–Kier alpha value is -0.840. The monoisotopic (exact) mass is 408 g/mol. The molecule has 21 heavy (non-hydrogen) atoms. The third kappa shape index (κ3) is 5.46. The quantitative estimate of drug-likeness (QED) is 0.800. The number of alkyl halides is 3. The number of halogens is 5. The van der Waals surface area contributed by atoms with E-state index in [1.54, 1.807) is 0 Å². The minimum Gasteiger partial charge on any atom is -0.352 e. The molecule has 118 valence electrons. The lowest BCUT2D eigenvalue weighted by Gasteiger charge is -2.10. The van der Waals surface area contributed by atoms with Crippen molar-refractivity contribution in [2.24, 2.45) is 5.14 Å². The molecule has 0 saturated carbocycles. The van der Waals surface area contributed by atoms with Gasteiger partial charge in [0.15, 0.2) is 0 Å². The Balaban J connectivity index is 2.99. The smallest absolute Gasteiger partial charge is 0.352 e. The lowest BCUT2D eigenvalue weighted by molar-refractivity contribution is -0.132. The number of rotatable bonds is 4. The summed E-state index contributed by atoms with van der Waals surface area (Å²) in [5.74, 6) is -0.890. The van der Waals surface area contributed by atoms with E-state index in [-0.39, 0.29) is 15.1 Å².